The average molecular weight is 273 g/mol. The van der Waals surface area contributed by atoms with Crippen LogP contribution in [0.2, 0.25) is 0 Å². The summed E-state index contributed by atoms with van der Waals surface area (Å²) in [5.41, 5.74) is 6.20. The first-order valence-electron chi connectivity index (χ1n) is 6.60. The molecule has 0 aromatic carbocycles. The van der Waals surface area contributed by atoms with Crippen LogP contribution in [0.15, 0.2) is 18.3 Å². The lowest BCUT2D eigenvalue weighted by Crippen LogP contribution is -2.50. The highest BCUT2D eigenvalue weighted by molar-refractivity contribution is 5.92. The van der Waals surface area contributed by atoms with Gasteiger partial charge < -0.3 is 15.4 Å². The van der Waals surface area contributed by atoms with Gasteiger partial charge in [0.1, 0.15) is 5.69 Å². The second-order valence-corrected chi connectivity index (χ2v) is 5.27. The highest BCUT2D eigenvalue weighted by Gasteiger charge is 2.30. The van der Waals surface area contributed by atoms with E-state index in [0.29, 0.717) is 31.9 Å². The van der Waals surface area contributed by atoms with E-state index < -0.39 is 0 Å². The molecule has 0 atom stereocenters. The number of carbonyl (C=O) groups excluding carboxylic acids is 1. The van der Waals surface area contributed by atoms with Crippen molar-refractivity contribution in [1.82, 2.24) is 9.88 Å². The van der Waals surface area contributed by atoms with Crippen molar-refractivity contribution in [1.29, 1.82) is 0 Å². The Kier molecular flexibility index (Phi) is 4.38. The quantitative estimate of drug-likeness (QED) is 0.763. The molecule has 0 saturated carbocycles. The smallest absolute Gasteiger partial charge is 0.272 e. The molecule has 2 heterocycles. The van der Waals surface area contributed by atoms with Gasteiger partial charge in [-0.15, -0.1) is 0 Å². The van der Waals surface area contributed by atoms with E-state index in [1.165, 1.54) is 0 Å². The molecule has 20 heavy (non-hydrogen) atoms. The fourth-order valence-corrected chi connectivity index (χ4v) is 2.10. The monoisotopic (exact) mass is 273 g/mol. The molecule has 2 N–H and O–H groups in total. The standard InChI is InChI=1S/C15H19N3O2/c1-15(2)11-18(8-9-20-15)14(19)13-6-5-12(10-17-13)4-3-7-16/h5-6,10H,7-9,11,16H2,1-2H3. The molecule has 1 aromatic rings. The number of hydrogen-bond donors (Lipinski definition) is 1. The molecule has 0 unspecified atom stereocenters. The summed E-state index contributed by atoms with van der Waals surface area (Å²) in [6.07, 6.45) is 1.60. The Morgan fingerprint density at radius 3 is 2.95 bits per heavy atom. The molecular weight excluding hydrogens is 254 g/mol. The summed E-state index contributed by atoms with van der Waals surface area (Å²) in [5, 5.41) is 0. The zero-order chi connectivity index (χ0) is 14.6. The van der Waals surface area contributed by atoms with E-state index in [4.69, 9.17) is 10.5 Å². The second-order valence-electron chi connectivity index (χ2n) is 5.27. The first-order chi connectivity index (χ1) is 9.52. The SMILES string of the molecule is CC1(C)CN(C(=O)c2ccc(C#CCN)cn2)CCO1. The molecule has 1 fully saturated rings. The van der Waals surface area contributed by atoms with Gasteiger partial charge in [0, 0.05) is 24.8 Å². The van der Waals surface area contributed by atoms with E-state index in [-0.39, 0.29) is 11.5 Å². The molecule has 0 spiro atoms. The summed E-state index contributed by atoms with van der Waals surface area (Å²) in [6, 6.07) is 3.49. The molecule has 1 aromatic heterocycles. The van der Waals surface area contributed by atoms with Crippen molar-refractivity contribution in [2.75, 3.05) is 26.2 Å². The van der Waals surface area contributed by atoms with Gasteiger partial charge in [-0.05, 0) is 26.0 Å². The number of amides is 1. The van der Waals surface area contributed by atoms with Gasteiger partial charge in [-0.1, -0.05) is 11.8 Å². The van der Waals surface area contributed by atoms with Gasteiger partial charge in [0.2, 0.25) is 0 Å². The first-order valence-corrected chi connectivity index (χ1v) is 6.60. The fraction of sp³-hybridized carbons (Fsp3) is 0.467. The minimum atomic E-state index is -0.305. The number of morpholine rings is 1. The van der Waals surface area contributed by atoms with Crippen LogP contribution in [0.25, 0.3) is 0 Å². The lowest BCUT2D eigenvalue weighted by atomic mass is 10.1. The van der Waals surface area contributed by atoms with Crippen LogP contribution in [0.3, 0.4) is 0 Å². The average Bonchev–Trinajstić information content (AvgIpc) is 2.44. The van der Waals surface area contributed by atoms with Crippen LogP contribution in [0, 0.1) is 11.8 Å². The van der Waals surface area contributed by atoms with Crippen molar-refractivity contribution in [3.05, 3.63) is 29.6 Å². The van der Waals surface area contributed by atoms with Crippen LogP contribution in [0.1, 0.15) is 29.9 Å². The maximum absolute atomic E-state index is 12.4. The molecule has 106 valence electrons. The largest absolute Gasteiger partial charge is 0.372 e. The molecule has 0 aliphatic carbocycles. The van der Waals surface area contributed by atoms with Gasteiger partial charge in [0.15, 0.2) is 0 Å². The lowest BCUT2D eigenvalue weighted by molar-refractivity contribution is -0.0765. The Morgan fingerprint density at radius 1 is 1.55 bits per heavy atom. The molecule has 5 heteroatoms. The van der Waals surface area contributed by atoms with Crippen LogP contribution in [0.5, 0.6) is 0 Å². The molecule has 0 bridgehead atoms. The number of hydrogen-bond acceptors (Lipinski definition) is 4. The van der Waals surface area contributed by atoms with Crippen LogP contribution >= 0.6 is 0 Å². The summed E-state index contributed by atoms with van der Waals surface area (Å²) < 4.78 is 5.60. The predicted molar refractivity (Wildman–Crippen MR) is 76.1 cm³/mol. The minimum absolute atomic E-state index is 0.0697. The maximum atomic E-state index is 12.4. The Morgan fingerprint density at radius 2 is 2.35 bits per heavy atom. The zero-order valence-corrected chi connectivity index (χ0v) is 11.8. The van der Waals surface area contributed by atoms with E-state index >= 15 is 0 Å². The summed E-state index contributed by atoms with van der Waals surface area (Å²) >= 11 is 0. The van der Waals surface area contributed by atoms with Gasteiger partial charge in [-0.2, -0.15) is 0 Å². The molecular formula is C15H19N3O2. The van der Waals surface area contributed by atoms with Gasteiger partial charge >= 0.3 is 0 Å². The third kappa shape index (κ3) is 3.56. The maximum Gasteiger partial charge on any atom is 0.272 e. The van der Waals surface area contributed by atoms with E-state index in [2.05, 4.69) is 16.8 Å². The second kappa shape index (κ2) is 6.04. The van der Waals surface area contributed by atoms with E-state index in [0.717, 1.165) is 5.56 Å². The van der Waals surface area contributed by atoms with Crippen molar-refractivity contribution in [3.63, 3.8) is 0 Å². The molecule has 1 saturated heterocycles. The Balaban J connectivity index is 2.09. The highest BCUT2D eigenvalue weighted by atomic mass is 16.5. The highest BCUT2D eigenvalue weighted by Crippen LogP contribution is 2.18. The van der Waals surface area contributed by atoms with Gasteiger partial charge in [-0.25, -0.2) is 4.98 Å². The number of nitrogens with zero attached hydrogens (tertiary/aromatic N) is 2. The van der Waals surface area contributed by atoms with Gasteiger partial charge in [-0.3, -0.25) is 4.79 Å². The molecule has 1 aliphatic rings. The van der Waals surface area contributed by atoms with Crippen LogP contribution in [0.4, 0.5) is 0 Å². The molecule has 5 nitrogen and oxygen atoms in total. The van der Waals surface area contributed by atoms with Crippen LogP contribution < -0.4 is 5.73 Å². The minimum Gasteiger partial charge on any atom is -0.372 e. The first kappa shape index (κ1) is 14.5. The fourth-order valence-electron chi connectivity index (χ4n) is 2.10. The van der Waals surface area contributed by atoms with Gasteiger partial charge in [0.05, 0.1) is 18.8 Å². The van der Waals surface area contributed by atoms with E-state index in [9.17, 15) is 4.79 Å². The number of rotatable bonds is 1. The van der Waals surface area contributed by atoms with Crippen molar-refractivity contribution in [2.24, 2.45) is 5.73 Å². The van der Waals surface area contributed by atoms with Crippen molar-refractivity contribution >= 4 is 5.91 Å². The van der Waals surface area contributed by atoms with Crippen LogP contribution in [-0.4, -0.2) is 47.6 Å². The molecule has 1 aliphatic heterocycles. The summed E-state index contributed by atoms with van der Waals surface area (Å²) in [4.78, 5) is 18.3. The third-order valence-corrected chi connectivity index (χ3v) is 3.03. The van der Waals surface area contributed by atoms with Crippen LogP contribution in [-0.2, 0) is 4.74 Å². The molecule has 1 amide bonds. The number of pyridine rings is 1. The van der Waals surface area contributed by atoms with Crippen molar-refractivity contribution in [2.45, 2.75) is 19.4 Å². The summed E-state index contributed by atoms with van der Waals surface area (Å²) in [6.45, 7) is 5.99. The number of ether oxygens (including phenoxy) is 1. The van der Waals surface area contributed by atoms with E-state index in [1.807, 2.05) is 13.8 Å². The van der Waals surface area contributed by atoms with E-state index in [1.54, 1.807) is 23.2 Å². The topological polar surface area (TPSA) is 68.5 Å². The summed E-state index contributed by atoms with van der Waals surface area (Å²) in [5.74, 6) is 5.56. The number of carbonyl (C=O) groups is 1. The van der Waals surface area contributed by atoms with Gasteiger partial charge in [0.25, 0.3) is 5.91 Å². The normalized spacial score (nSPS) is 17.2. The molecule has 2 rings (SSSR count). The lowest BCUT2D eigenvalue weighted by Gasteiger charge is -2.37. The zero-order valence-electron chi connectivity index (χ0n) is 11.8. The Labute approximate surface area is 119 Å². The number of nitrogens with two attached hydrogens (primary N) is 1. The Hall–Kier alpha value is -1.90. The molecule has 0 radical (unpaired) electrons. The van der Waals surface area contributed by atoms with Crippen molar-refractivity contribution in [3.8, 4) is 11.8 Å². The van der Waals surface area contributed by atoms with Crippen molar-refractivity contribution < 1.29 is 9.53 Å². The Bertz CT molecular complexity index is 540. The third-order valence-electron chi connectivity index (χ3n) is 3.03. The number of aromatic nitrogens is 1. The summed E-state index contributed by atoms with van der Waals surface area (Å²) in [7, 11) is 0. The predicted octanol–water partition coefficient (Wildman–Crippen LogP) is 0.643.